The monoisotopic (exact) mass is 322 g/mol. The van der Waals surface area contributed by atoms with Crippen LogP contribution in [0.1, 0.15) is 23.3 Å². The first-order valence-corrected chi connectivity index (χ1v) is 7.15. The van der Waals surface area contributed by atoms with Crippen molar-refractivity contribution in [2.75, 3.05) is 6.54 Å². The van der Waals surface area contributed by atoms with E-state index >= 15 is 0 Å². The molecule has 0 radical (unpaired) electrons. The first kappa shape index (κ1) is 12.5. The summed E-state index contributed by atoms with van der Waals surface area (Å²) in [5.41, 5.74) is 0.638. The van der Waals surface area contributed by atoms with Gasteiger partial charge in [0.25, 0.3) is 5.91 Å². The molecule has 1 aliphatic rings. The summed E-state index contributed by atoms with van der Waals surface area (Å²) in [6.45, 7) is 1.59. The third-order valence-corrected chi connectivity index (χ3v) is 3.93. The van der Waals surface area contributed by atoms with Gasteiger partial charge in [0.1, 0.15) is 5.69 Å². The van der Waals surface area contributed by atoms with Crippen LogP contribution in [-0.4, -0.2) is 38.2 Å². The summed E-state index contributed by atoms with van der Waals surface area (Å²) in [7, 11) is 0. The first-order valence-electron chi connectivity index (χ1n) is 6.36. The van der Waals surface area contributed by atoms with Gasteiger partial charge in [-0.25, -0.2) is 0 Å². The Morgan fingerprint density at radius 1 is 1.58 bits per heavy atom. The highest BCUT2D eigenvalue weighted by atomic mass is 79.9. The number of likely N-dealkylation sites (tertiary alicyclic amines) is 1. The topological polar surface area (TPSA) is 53.9 Å². The SMILES string of the molecule is O=C(c1cc(Br)c[nH]1)N1CCC[C@@H]1Cn1cccn1. The molecule has 19 heavy (non-hydrogen) atoms. The number of rotatable bonds is 3. The van der Waals surface area contributed by atoms with E-state index in [0.29, 0.717) is 5.69 Å². The molecule has 1 saturated heterocycles. The molecule has 1 amide bonds. The highest BCUT2D eigenvalue weighted by Crippen LogP contribution is 2.22. The average molecular weight is 323 g/mol. The van der Waals surface area contributed by atoms with E-state index in [4.69, 9.17) is 0 Å². The predicted molar refractivity (Wildman–Crippen MR) is 74.8 cm³/mol. The van der Waals surface area contributed by atoms with Crippen LogP contribution in [0.25, 0.3) is 0 Å². The molecule has 6 heteroatoms. The molecule has 1 fully saturated rings. The van der Waals surface area contributed by atoms with E-state index < -0.39 is 0 Å². The van der Waals surface area contributed by atoms with E-state index in [1.807, 2.05) is 27.9 Å². The van der Waals surface area contributed by atoms with Gasteiger partial charge in [0, 0.05) is 29.6 Å². The van der Waals surface area contributed by atoms with Gasteiger partial charge in [-0.1, -0.05) is 0 Å². The Morgan fingerprint density at radius 2 is 2.47 bits per heavy atom. The Balaban J connectivity index is 1.74. The van der Waals surface area contributed by atoms with Gasteiger partial charge in [-0.05, 0) is 40.9 Å². The highest BCUT2D eigenvalue weighted by Gasteiger charge is 2.30. The minimum absolute atomic E-state index is 0.0698. The first-order chi connectivity index (χ1) is 9.24. The summed E-state index contributed by atoms with van der Waals surface area (Å²) in [4.78, 5) is 17.4. The average Bonchev–Trinajstić information content (AvgIpc) is 3.10. The lowest BCUT2D eigenvalue weighted by atomic mass is 10.2. The Morgan fingerprint density at radius 3 is 3.16 bits per heavy atom. The van der Waals surface area contributed by atoms with Gasteiger partial charge in [0.2, 0.25) is 0 Å². The van der Waals surface area contributed by atoms with Crippen LogP contribution >= 0.6 is 15.9 Å². The largest absolute Gasteiger partial charge is 0.356 e. The van der Waals surface area contributed by atoms with Crippen molar-refractivity contribution >= 4 is 21.8 Å². The zero-order valence-electron chi connectivity index (χ0n) is 10.4. The molecule has 2 aromatic heterocycles. The molecule has 2 aromatic rings. The number of carbonyl (C=O) groups is 1. The summed E-state index contributed by atoms with van der Waals surface area (Å²) in [5, 5.41) is 4.21. The number of halogens is 1. The number of aromatic nitrogens is 3. The number of hydrogen-bond donors (Lipinski definition) is 1. The molecule has 0 spiro atoms. The minimum atomic E-state index is 0.0698. The highest BCUT2D eigenvalue weighted by molar-refractivity contribution is 9.10. The van der Waals surface area contributed by atoms with Crippen LogP contribution < -0.4 is 0 Å². The normalized spacial score (nSPS) is 19.0. The lowest BCUT2D eigenvalue weighted by Crippen LogP contribution is -2.38. The van der Waals surface area contributed by atoms with Crippen molar-refractivity contribution in [1.82, 2.24) is 19.7 Å². The maximum absolute atomic E-state index is 12.4. The van der Waals surface area contributed by atoms with E-state index in [1.165, 1.54) is 0 Å². The van der Waals surface area contributed by atoms with Gasteiger partial charge in [-0.15, -0.1) is 0 Å². The van der Waals surface area contributed by atoms with Crippen molar-refractivity contribution in [3.63, 3.8) is 0 Å². The molecule has 1 atom stereocenters. The van der Waals surface area contributed by atoms with Crippen LogP contribution in [-0.2, 0) is 6.54 Å². The van der Waals surface area contributed by atoms with Crippen LogP contribution in [0, 0.1) is 0 Å². The summed E-state index contributed by atoms with van der Waals surface area (Å²) < 4.78 is 2.79. The quantitative estimate of drug-likeness (QED) is 0.942. The Kier molecular flexibility index (Phi) is 3.42. The van der Waals surface area contributed by atoms with Crippen LogP contribution in [0.2, 0.25) is 0 Å². The van der Waals surface area contributed by atoms with Gasteiger partial charge in [0.15, 0.2) is 0 Å². The fourth-order valence-corrected chi connectivity index (χ4v) is 2.91. The van der Waals surface area contributed by atoms with Crippen molar-refractivity contribution in [2.45, 2.75) is 25.4 Å². The fraction of sp³-hybridized carbons (Fsp3) is 0.385. The van der Waals surface area contributed by atoms with Crippen molar-refractivity contribution in [3.8, 4) is 0 Å². The van der Waals surface area contributed by atoms with Gasteiger partial charge in [0.05, 0.1) is 12.6 Å². The van der Waals surface area contributed by atoms with Gasteiger partial charge >= 0.3 is 0 Å². The molecule has 3 rings (SSSR count). The van der Waals surface area contributed by atoms with E-state index in [0.717, 1.165) is 30.4 Å². The maximum atomic E-state index is 12.4. The van der Waals surface area contributed by atoms with Crippen molar-refractivity contribution in [1.29, 1.82) is 0 Å². The minimum Gasteiger partial charge on any atom is -0.356 e. The molecule has 0 unspecified atom stereocenters. The number of carbonyl (C=O) groups excluding carboxylic acids is 1. The molecule has 1 N–H and O–H groups in total. The Labute approximate surface area is 119 Å². The standard InChI is InChI=1S/C13H15BrN4O/c14-10-7-12(15-8-10)13(19)18-6-1-3-11(18)9-17-5-2-4-16-17/h2,4-5,7-8,11,15H,1,3,6,9H2/t11-/m1/s1. The summed E-state index contributed by atoms with van der Waals surface area (Å²) in [6.07, 6.45) is 7.58. The maximum Gasteiger partial charge on any atom is 0.270 e. The third-order valence-electron chi connectivity index (χ3n) is 3.47. The molecule has 0 bridgehead atoms. The van der Waals surface area contributed by atoms with Crippen molar-refractivity contribution in [3.05, 3.63) is 40.9 Å². The van der Waals surface area contributed by atoms with E-state index in [9.17, 15) is 4.79 Å². The molecular formula is C13H15BrN4O. The second-order valence-corrected chi connectivity index (χ2v) is 5.67. The Bertz CT molecular complexity index is 563. The van der Waals surface area contributed by atoms with Crippen LogP contribution in [0.3, 0.4) is 0 Å². The van der Waals surface area contributed by atoms with Crippen molar-refractivity contribution in [2.24, 2.45) is 0 Å². The summed E-state index contributed by atoms with van der Waals surface area (Å²) in [6, 6.07) is 3.96. The number of H-pyrrole nitrogens is 1. The fourth-order valence-electron chi connectivity index (χ4n) is 2.56. The third kappa shape index (κ3) is 2.58. The van der Waals surface area contributed by atoms with E-state index in [1.54, 1.807) is 12.4 Å². The Hall–Kier alpha value is -1.56. The molecule has 3 heterocycles. The zero-order valence-corrected chi connectivity index (χ0v) is 12.0. The number of nitrogens with zero attached hydrogens (tertiary/aromatic N) is 3. The molecule has 100 valence electrons. The number of hydrogen-bond acceptors (Lipinski definition) is 2. The number of nitrogens with one attached hydrogen (secondary N) is 1. The van der Waals surface area contributed by atoms with Gasteiger partial charge < -0.3 is 9.88 Å². The summed E-state index contributed by atoms with van der Waals surface area (Å²) in [5.74, 6) is 0.0698. The van der Waals surface area contributed by atoms with Gasteiger partial charge in [-0.3, -0.25) is 9.48 Å². The van der Waals surface area contributed by atoms with Crippen LogP contribution in [0.4, 0.5) is 0 Å². The smallest absolute Gasteiger partial charge is 0.270 e. The molecule has 0 saturated carbocycles. The molecule has 1 aliphatic heterocycles. The molecule has 5 nitrogen and oxygen atoms in total. The number of amides is 1. The molecule has 0 aromatic carbocycles. The number of aromatic amines is 1. The predicted octanol–water partition coefficient (Wildman–Crippen LogP) is 2.28. The molecule has 0 aliphatic carbocycles. The van der Waals surface area contributed by atoms with Gasteiger partial charge in [-0.2, -0.15) is 5.10 Å². The second-order valence-electron chi connectivity index (χ2n) is 4.75. The van der Waals surface area contributed by atoms with Crippen LogP contribution in [0.15, 0.2) is 35.2 Å². The lowest BCUT2D eigenvalue weighted by molar-refractivity contribution is 0.0716. The second kappa shape index (κ2) is 5.21. The molecular weight excluding hydrogens is 308 g/mol. The van der Waals surface area contributed by atoms with E-state index in [-0.39, 0.29) is 11.9 Å². The van der Waals surface area contributed by atoms with E-state index in [2.05, 4.69) is 26.0 Å². The van der Waals surface area contributed by atoms with Crippen molar-refractivity contribution < 1.29 is 4.79 Å². The summed E-state index contributed by atoms with van der Waals surface area (Å²) >= 11 is 3.36. The van der Waals surface area contributed by atoms with Crippen LogP contribution in [0.5, 0.6) is 0 Å². The lowest BCUT2D eigenvalue weighted by Gasteiger charge is -2.24. The zero-order chi connectivity index (χ0) is 13.2.